The molecule has 0 aromatic heterocycles. The van der Waals surface area contributed by atoms with E-state index in [0.29, 0.717) is 0 Å². The van der Waals surface area contributed by atoms with Crippen LogP contribution >= 0.6 is 31.9 Å². The van der Waals surface area contributed by atoms with Crippen LogP contribution in [0.15, 0.2) is 81.7 Å². The van der Waals surface area contributed by atoms with Gasteiger partial charge in [0.05, 0.1) is 5.69 Å². The van der Waals surface area contributed by atoms with E-state index in [9.17, 15) is 0 Å². The van der Waals surface area contributed by atoms with E-state index in [1.807, 2.05) is 60.7 Å². The van der Waals surface area contributed by atoms with E-state index in [1.165, 1.54) is 5.39 Å². The van der Waals surface area contributed by atoms with Crippen LogP contribution in [0, 0.1) is 0 Å². The van der Waals surface area contributed by atoms with Gasteiger partial charge in [-0.3, -0.25) is 0 Å². The van der Waals surface area contributed by atoms with Crippen molar-refractivity contribution in [3.8, 4) is 0 Å². The monoisotopic (exact) mass is 442 g/mol. The van der Waals surface area contributed by atoms with Crippen molar-refractivity contribution in [1.29, 1.82) is 0 Å². The topological polar surface area (TPSA) is 52.0 Å². The predicted molar refractivity (Wildman–Crippen MR) is 112 cm³/mol. The molecule has 0 spiro atoms. The molecule has 0 aliphatic heterocycles. The van der Waals surface area contributed by atoms with Crippen LogP contribution in [0.25, 0.3) is 21.5 Å². The third-order valence-corrected chi connectivity index (χ3v) is 5.12. The molecule has 0 radical (unpaired) electrons. The lowest BCUT2D eigenvalue weighted by molar-refractivity contribution is 1.65. The van der Waals surface area contributed by atoms with Crippen molar-refractivity contribution >= 4 is 64.8 Å². The van der Waals surface area contributed by atoms with Crippen LogP contribution in [-0.4, -0.2) is 0 Å². The van der Waals surface area contributed by atoms with Gasteiger partial charge in [0.25, 0.3) is 0 Å². The summed E-state index contributed by atoms with van der Waals surface area (Å²) in [4.78, 5) is 0. The molecule has 4 rings (SSSR count). The summed E-state index contributed by atoms with van der Waals surface area (Å²) in [7, 11) is 0. The first-order valence-electron chi connectivity index (χ1n) is 7.43. The Morgan fingerprint density at radius 3 is 1.88 bits per heavy atom. The largest absolute Gasteiger partial charge is 0.398 e. The number of anilines is 2. The summed E-state index contributed by atoms with van der Waals surface area (Å²) in [6.07, 6.45) is 0. The summed E-state index contributed by atoms with van der Waals surface area (Å²) < 4.78 is 1.99. The minimum Gasteiger partial charge on any atom is -0.398 e. The van der Waals surface area contributed by atoms with Crippen molar-refractivity contribution in [2.24, 2.45) is 0 Å². The van der Waals surface area contributed by atoms with Gasteiger partial charge in [-0.2, -0.15) is 0 Å². The first-order valence-corrected chi connectivity index (χ1v) is 9.02. The highest BCUT2D eigenvalue weighted by molar-refractivity contribution is 9.11. The van der Waals surface area contributed by atoms with Crippen molar-refractivity contribution < 1.29 is 0 Å². The maximum atomic E-state index is 5.92. The van der Waals surface area contributed by atoms with Gasteiger partial charge in [-0.05, 0) is 38.8 Å². The summed E-state index contributed by atoms with van der Waals surface area (Å²) in [5.74, 6) is 0. The smallest absolute Gasteiger partial charge is 0.0538 e. The zero-order valence-corrected chi connectivity index (χ0v) is 16.0. The molecule has 0 saturated heterocycles. The van der Waals surface area contributed by atoms with Crippen LogP contribution in [-0.2, 0) is 0 Å². The van der Waals surface area contributed by atoms with Crippen molar-refractivity contribution in [1.82, 2.24) is 0 Å². The molecule has 0 atom stereocenters. The van der Waals surface area contributed by atoms with Gasteiger partial charge in [0.2, 0.25) is 0 Å². The highest BCUT2D eigenvalue weighted by atomic mass is 79.9. The summed E-state index contributed by atoms with van der Waals surface area (Å²) in [5, 5.41) is 4.55. The van der Waals surface area contributed by atoms with E-state index in [2.05, 4.69) is 44.0 Å². The highest BCUT2D eigenvalue weighted by Crippen LogP contribution is 2.34. The number of hydrogen-bond donors (Lipinski definition) is 2. The summed E-state index contributed by atoms with van der Waals surface area (Å²) in [6.45, 7) is 0. The van der Waals surface area contributed by atoms with E-state index < -0.39 is 0 Å². The molecule has 0 aliphatic rings. The SMILES string of the molecule is Nc1c(Br)cc(Br)c2ccccc12.Nc1cccc2ccccc12. The van der Waals surface area contributed by atoms with E-state index >= 15 is 0 Å². The van der Waals surface area contributed by atoms with Crippen molar-refractivity contribution in [3.05, 3.63) is 81.7 Å². The lowest BCUT2D eigenvalue weighted by Crippen LogP contribution is -1.89. The van der Waals surface area contributed by atoms with Crippen molar-refractivity contribution in [2.45, 2.75) is 0 Å². The zero-order valence-electron chi connectivity index (χ0n) is 12.8. The Hall–Kier alpha value is -2.04. The van der Waals surface area contributed by atoms with Gasteiger partial charge in [0.1, 0.15) is 0 Å². The van der Waals surface area contributed by atoms with Crippen molar-refractivity contribution in [3.63, 3.8) is 0 Å². The quantitative estimate of drug-likeness (QED) is 0.310. The maximum Gasteiger partial charge on any atom is 0.0538 e. The summed E-state index contributed by atoms with van der Waals surface area (Å²) in [6, 6.07) is 24.1. The number of nitrogens with two attached hydrogens (primary N) is 2. The lowest BCUT2D eigenvalue weighted by Gasteiger charge is -2.05. The molecule has 4 aromatic rings. The molecule has 4 heteroatoms. The van der Waals surface area contributed by atoms with E-state index in [1.54, 1.807) is 0 Å². The zero-order chi connectivity index (χ0) is 17.1. The molecular formula is C20H16Br2N2. The Labute approximate surface area is 157 Å². The average molecular weight is 444 g/mol. The fourth-order valence-electron chi connectivity index (χ4n) is 2.57. The minimum absolute atomic E-state index is 0.791. The van der Waals surface area contributed by atoms with Crippen LogP contribution in [0.4, 0.5) is 11.4 Å². The molecule has 0 heterocycles. The minimum atomic E-state index is 0.791. The van der Waals surface area contributed by atoms with Gasteiger partial charge >= 0.3 is 0 Å². The first-order chi connectivity index (χ1) is 11.6. The Morgan fingerprint density at radius 2 is 1.17 bits per heavy atom. The molecule has 4 N–H and O–H groups in total. The fourth-order valence-corrected chi connectivity index (χ4v) is 3.90. The Morgan fingerprint density at radius 1 is 0.583 bits per heavy atom. The summed E-state index contributed by atoms with van der Waals surface area (Å²) in [5.41, 5.74) is 13.3. The molecule has 24 heavy (non-hydrogen) atoms. The Kier molecular flexibility index (Phi) is 5.07. The van der Waals surface area contributed by atoms with Gasteiger partial charge < -0.3 is 11.5 Å². The number of nitrogen functional groups attached to an aromatic ring is 2. The van der Waals surface area contributed by atoms with E-state index in [4.69, 9.17) is 11.5 Å². The second-order valence-electron chi connectivity index (χ2n) is 5.37. The fraction of sp³-hybridized carbons (Fsp3) is 0. The van der Waals surface area contributed by atoms with Crippen LogP contribution < -0.4 is 11.5 Å². The normalized spacial score (nSPS) is 10.4. The number of fused-ring (bicyclic) bond motifs is 2. The van der Waals surface area contributed by atoms with E-state index in [-0.39, 0.29) is 0 Å². The molecule has 0 bridgehead atoms. The van der Waals surface area contributed by atoms with Gasteiger partial charge in [-0.25, -0.2) is 0 Å². The van der Waals surface area contributed by atoms with Gasteiger partial charge in [-0.15, -0.1) is 0 Å². The van der Waals surface area contributed by atoms with E-state index in [0.717, 1.165) is 36.5 Å². The standard InChI is InChI=1S/C10H7Br2N.C10H9N/c11-8-5-9(12)10(13)7-4-2-1-3-6(7)8;11-10-7-3-5-8-4-1-2-6-9(8)10/h1-5H,13H2;1-7H,11H2. The van der Waals surface area contributed by atoms with Crippen LogP contribution in [0.5, 0.6) is 0 Å². The Balaban J connectivity index is 0.000000143. The molecule has 0 saturated carbocycles. The second-order valence-corrected chi connectivity index (χ2v) is 7.08. The van der Waals surface area contributed by atoms with Gasteiger partial charge in [0, 0.05) is 25.4 Å². The predicted octanol–water partition coefficient (Wildman–Crippen LogP) is 6.37. The average Bonchev–Trinajstić information content (AvgIpc) is 2.61. The van der Waals surface area contributed by atoms with Crippen LogP contribution in [0.2, 0.25) is 0 Å². The molecule has 0 aliphatic carbocycles. The highest BCUT2D eigenvalue weighted by Gasteiger charge is 2.04. The maximum absolute atomic E-state index is 5.92. The molecule has 2 nitrogen and oxygen atoms in total. The molecular weight excluding hydrogens is 428 g/mol. The number of halogens is 2. The molecule has 0 fully saturated rings. The number of benzene rings is 4. The molecule has 120 valence electrons. The van der Waals surface area contributed by atoms with Crippen molar-refractivity contribution in [2.75, 3.05) is 11.5 Å². The van der Waals surface area contributed by atoms with Crippen LogP contribution in [0.3, 0.4) is 0 Å². The van der Waals surface area contributed by atoms with Gasteiger partial charge in [0.15, 0.2) is 0 Å². The Bertz CT molecular complexity index is 1010. The van der Waals surface area contributed by atoms with Crippen LogP contribution in [0.1, 0.15) is 0 Å². The second kappa shape index (κ2) is 7.24. The molecule has 0 amide bonds. The lowest BCUT2D eigenvalue weighted by atomic mass is 10.1. The number of rotatable bonds is 0. The number of hydrogen-bond acceptors (Lipinski definition) is 2. The summed E-state index contributed by atoms with van der Waals surface area (Å²) >= 11 is 6.91. The first kappa shape index (κ1) is 16.8. The molecule has 0 unspecified atom stereocenters. The third-order valence-electron chi connectivity index (χ3n) is 3.81. The molecule has 4 aromatic carbocycles. The third kappa shape index (κ3) is 3.40. The van der Waals surface area contributed by atoms with Gasteiger partial charge in [-0.1, -0.05) is 76.6 Å².